The van der Waals surface area contributed by atoms with Gasteiger partial charge in [-0.15, -0.1) is 0 Å². The highest BCUT2D eigenvalue weighted by atomic mass is 35.5. The quantitative estimate of drug-likeness (QED) is 0.892. The summed E-state index contributed by atoms with van der Waals surface area (Å²) in [5.74, 6) is -0.815. The zero-order chi connectivity index (χ0) is 17.9. The highest BCUT2D eigenvalue weighted by molar-refractivity contribution is 6.30. The molecule has 1 aromatic heterocycles. The van der Waals surface area contributed by atoms with Crippen LogP contribution in [0.4, 0.5) is 13.2 Å². The lowest BCUT2D eigenvalue weighted by Crippen LogP contribution is -2.32. The number of nitrogens with one attached hydrogen (secondary N) is 1. The molecule has 2 aromatic rings. The van der Waals surface area contributed by atoms with Crippen molar-refractivity contribution in [2.75, 3.05) is 27.2 Å². The predicted molar refractivity (Wildman–Crippen MR) is 84.5 cm³/mol. The van der Waals surface area contributed by atoms with Gasteiger partial charge in [-0.1, -0.05) is 11.6 Å². The molecule has 0 atom stereocenters. The van der Waals surface area contributed by atoms with Crippen molar-refractivity contribution in [3.05, 3.63) is 46.7 Å². The number of likely N-dealkylation sites (N-methyl/N-ethyl adjacent to an activating group) is 1. The molecule has 0 fully saturated rings. The fourth-order valence-corrected chi connectivity index (χ4v) is 2.18. The van der Waals surface area contributed by atoms with Crippen LogP contribution in [-0.4, -0.2) is 47.8 Å². The van der Waals surface area contributed by atoms with Gasteiger partial charge in [0.2, 0.25) is 0 Å². The van der Waals surface area contributed by atoms with Gasteiger partial charge in [-0.2, -0.15) is 18.3 Å². The van der Waals surface area contributed by atoms with Crippen molar-refractivity contribution >= 4 is 17.5 Å². The van der Waals surface area contributed by atoms with Gasteiger partial charge in [0.25, 0.3) is 5.91 Å². The monoisotopic (exact) mass is 360 g/mol. The van der Waals surface area contributed by atoms with Crippen LogP contribution < -0.4 is 5.32 Å². The van der Waals surface area contributed by atoms with Crippen molar-refractivity contribution in [3.63, 3.8) is 0 Å². The van der Waals surface area contributed by atoms with Gasteiger partial charge >= 0.3 is 6.18 Å². The van der Waals surface area contributed by atoms with Crippen LogP contribution in [0.25, 0.3) is 5.69 Å². The normalized spacial score (nSPS) is 11.8. The molecule has 0 aliphatic heterocycles. The highest BCUT2D eigenvalue weighted by Crippen LogP contribution is 2.33. The average Bonchev–Trinajstić information content (AvgIpc) is 2.92. The van der Waals surface area contributed by atoms with Gasteiger partial charge in [0.15, 0.2) is 5.69 Å². The van der Waals surface area contributed by atoms with E-state index in [9.17, 15) is 18.0 Å². The second-order valence-electron chi connectivity index (χ2n) is 5.35. The van der Waals surface area contributed by atoms with E-state index < -0.39 is 23.3 Å². The van der Waals surface area contributed by atoms with Gasteiger partial charge in [0.05, 0.1) is 17.4 Å². The molecule has 0 radical (unpaired) electrons. The fourth-order valence-electron chi connectivity index (χ4n) is 2.05. The fraction of sp³-hybridized carbons (Fsp3) is 0.333. The van der Waals surface area contributed by atoms with Crippen molar-refractivity contribution in [1.29, 1.82) is 0 Å². The summed E-state index contributed by atoms with van der Waals surface area (Å²) in [5, 5.41) is 6.58. The van der Waals surface area contributed by atoms with Crippen molar-refractivity contribution in [2.45, 2.75) is 6.18 Å². The molecule has 0 saturated heterocycles. The zero-order valence-corrected chi connectivity index (χ0v) is 13.8. The van der Waals surface area contributed by atoms with Crippen molar-refractivity contribution in [2.24, 2.45) is 0 Å². The predicted octanol–water partition coefficient (Wildman–Crippen LogP) is 2.84. The minimum absolute atomic E-state index is 0.166. The van der Waals surface area contributed by atoms with Crippen LogP contribution >= 0.6 is 11.6 Å². The number of amides is 1. The topological polar surface area (TPSA) is 50.2 Å². The van der Waals surface area contributed by atoms with E-state index in [0.717, 1.165) is 6.20 Å². The maximum absolute atomic E-state index is 13.4. The Morgan fingerprint density at radius 1 is 1.29 bits per heavy atom. The van der Waals surface area contributed by atoms with Crippen LogP contribution in [-0.2, 0) is 6.18 Å². The number of halogens is 4. The van der Waals surface area contributed by atoms with Crippen LogP contribution in [0.15, 0.2) is 30.5 Å². The van der Waals surface area contributed by atoms with Crippen molar-refractivity contribution in [1.82, 2.24) is 20.0 Å². The molecule has 0 unspecified atom stereocenters. The van der Waals surface area contributed by atoms with E-state index in [1.807, 2.05) is 4.90 Å². The first kappa shape index (κ1) is 18.3. The van der Waals surface area contributed by atoms with Crippen LogP contribution in [0.1, 0.15) is 16.1 Å². The molecule has 130 valence electrons. The number of nitrogens with zero attached hydrogens (tertiary/aromatic N) is 3. The zero-order valence-electron chi connectivity index (χ0n) is 13.1. The third kappa shape index (κ3) is 4.27. The Kier molecular flexibility index (Phi) is 5.51. The molecule has 1 amide bonds. The maximum atomic E-state index is 13.4. The van der Waals surface area contributed by atoms with E-state index in [1.54, 1.807) is 14.1 Å². The number of benzene rings is 1. The molecule has 0 spiro atoms. The molecule has 1 aromatic carbocycles. The summed E-state index contributed by atoms with van der Waals surface area (Å²) in [6, 6.07) is 5.71. The summed E-state index contributed by atoms with van der Waals surface area (Å²) >= 11 is 5.75. The Morgan fingerprint density at radius 3 is 2.46 bits per heavy atom. The van der Waals surface area contributed by atoms with E-state index >= 15 is 0 Å². The molecule has 0 aliphatic rings. The van der Waals surface area contributed by atoms with E-state index in [-0.39, 0.29) is 12.2 Å². The number of aromatic nitrogens is 2. The van der Waals surface area contributed by atoms with Gasteiger partial charge in [-0.25, -0.2) is 4.68 Å². The molecule has 0 saturated carbocycles. The molecular formula is C15H16ClF3N4O. The smallest absolute Gasteiger partial charge is 0.351 e. The Bertz CT molecular complexity index is 710. The molecule has 2 rings (SSSR count). The number of hydrogen-bond acceptors (Lipinski definition) is 3. The maximum Gasteiger partial charge on any atom is 0.434 e. The Hall–Kier alpha value is -2.06. The first-order chi connectivity index (χ1) is 11.2. The number of hydrogen-bond donors (Lipinski definition) is 1. The largest absolute Gasteiger partial charge is 0.434 e. The lowest BCUT2D eigenvalue weighted by molar-refractivity contribution is -0.143. The number of carbonyl (C=O) groups is 1. The van der Waals surface area contributed by atoms with Gasteiger partial charge in [-0.05, 0) is 38.4 Å². The number of rotatable bonds is 5. The molecular weight excluding hydrogens is 345 g/mol. The summed E-state index contributed by atoms with van der Waals surface area (Å²) in [6.45, 7) is 0.744. The SMILES string of the molecule is CN(C)CCNC(=O)c1cnn(-c2ccc(Cl)cc2)c1C(F)(F)F. The number of carbonyl (C=O) groups excluding carboxylic acids is 1. The summed E-state index contributed by atoms with van der Waals surface area (Å²) in [5.41, 5.74) is -1.47. The Balaban J connectivity index is 2.36. The molecule has 1 N–H and O–H groups in total. The molecule has 5 nitrogen and oxygen atoms in total. The number of alkyl halides is 3. The highest BCUT2D eigenvalue weighted by Gasteiger charge is 2.40. The standard InChI is InChI=1S/C15H16ClF3N4O/c1-22(2)8-7-20-14(24)12-9-21-23(13(12)15(17,18)19)11-5-3-10(16)4-6-11/h3-6,9H,7-8H2,1-2H3,(H,20,24). The van der Waals surface area contributed by atoms with E-state index in [0.29, 0.717) is 16.2 Å². The molecule has 0 bridgehead atoms. The third-order valence-corrected chi connectivity index (χ3v) is 3.45. The first-order valence-corrected chi connectivity index (χ1v) is 7.42. The van der Waals surface area contributed by atoms with Crippen LogP contribution in [0.5, 0.6) is 0 Å². The summed E-state index contributed by atoms with van der Waals surface area (Å²) in [4.78, 5) is 13.9. The second kappa shape index (κ2) is 7.23. The third-order valence-electron chi connectivity index (χ3n) is 3.20. The Morgan fingerprint density at radius 2 is 1.92 bits per heavy atom. The lowest BCUT2D eigenvalue weighted by Gasteiger charge is -2.14. The Labute approximate surface area is 142 Å². The van der Waals surface area contributed by atoms with Gasteiger partial charge in [0, 0.05) is 18.1 Å². The van der Waals surface area contributed by atoms with Gasteiger partial charge in [-0.3, -0.25) is 4.79 Å². The van der Waals surface area contributed by atoms with Gasteiger partial charge in [0.1, 0.15) is 0 Å². The summed E-state index contributed by atoms with van der Waals surface area (Å²) in [7, 11) is 3.59. The molecule has 24 heavy (non-hydrogen) atoms. The summed E-state index contributed by atoms with van der Waals surface area (Å²) in [6.07, 6.45) is -3.81. The van der Waals surface area contributed by atoms with Crippen molar-refractivity contribution in [3.8, 4) is 5.69 Å². The minimum Gasteiger partial charge on any atom is -0.351 e. The van der Waals surface area contributed by atoms with Crippen LogP contribution in [0.2, 0.25) is 5.02 Å². The average molecular weight is 361 g/mol. The van der Waals surface area contributed by atoms with E-state index in [2.05, 4.69) is 10.4 Å². The molecule has 9 heteroatoms. The van der Waals surface area contributed by atoms with E-state index in [1.165, 1.54) is 24.3 Å². The van der Waals surface area contributed by atoms with Gasteiger partial charge < -0.3 is 10.2 Å². The van der Waals surface area contributed by atoms with Crippen molar-refractivity contribution < 1.29 is 18.0 Å². The van der Waals surface area contributed by atoms with Crippen LogP contribution in [0, 0.1) is 0 Å². The van der Waals surface area contributed by atoms with E-state index in [4.69, 9.17) is 11.6 Å². The first-order valence-electron chi connectivity index (χ1n) is 7.04. The molecule has 1 heterocycles. The molecule has 0 aliphatic carbocycles. The minimum atomic E-state index is -4.73. The van der Waals surface area contributed by atoms with Crippen LogP contribution in [0.3, 0.4) is 0 Å². The lowest BCUT2D eigenvalue weighted by atomic mass is 10.2. The summed E-state index contributed by atoms with van der Waals surface area (Å²) < 4.78 is 41.0. The second-order valence-corrected chi connectivity index (χ2v) is 5.79.